The summed E-state index contributed by atoms with van der Waals surface area (Å²) in [7, 11) is 0. The van der Waals surface area contributed by atoms with Gasteiger partial charge in [-0.25, -0.2) is 4.39 Å². The zero-order valence-electron chi connectivity index (χ0n) is 19.9. The maximum absolute atomic E-state index is 13.6. The summed E-state index contributed by atoms with van der Waals surface area (Å²) in [6.45, 7) is 0.490. The molecule has 5 nitrogen and oxygen atoms in total. The van der Waals surface area contributed by atoms with Crippen LogP contribution in [0.4, 0.5) is 4.39 Å². The summed E-state index contributed by atoms with van der Waals surface area (Å²) in [5.74, 6) is -0.792. The van der Waals surface area contributed by atoms with E-state index in [1.807, 2.05) is 72.8 Å². The molecular weight excluding hydrogens is 453 g/mol. The average Bonchev–Trinajstić information content (AvgIpc) is 2.93. The summed E-state index contributed by atoms with van der Waals surface area (Å²) in [5, 5.41) is 2.98. The Kier molecular flexibility index (Phi) is 8.54. The third-order valence-corrected chi connectivity index (χ3v) is 5.95. The number of pyridine rings is 1. The van der Waals surface area contributed by atoms with Crippen LogP contribution in [0.25, 0.3) is 0 Å². The Morgan fingerprint density at radius 2 is 1.42 bits per heavy atom. The van der Waals surface area contributed by atoms with Gasteiger partial charge in [0.2, 0.25) is 11.8 Å². The Bertz CT molecular complexity index is 1250. The minimum Gasteiger partial charge on any atom is -0.350 e. The van der Waals surface area contributed by atoms with Crippen molar-refractivity contribution in [3.05, 3.63) is 138 Å². The number of halogens is 1. The maximum Gasteiger partial charge on any atom is 0.247 e. The number of aryl methyl sites for hydroxylation is 1. The van der Waals surface area contributed by atoms with Crippen LogP contribution in [0.2, 0.25) is 0 Å². The van der Waals surface area contributed by atoms with Gasteiger partial charge in [0.05, 0.1) is 0 Å². The molecule has 0 saturated heterocycles. The van der Waals surface area contributed by atoms with E-state index in [0.717, 1.165) is 16.7 Å². The zero-order valence-corrected chi connectivity index (χ0v) is 19.9. The van der Waals surface area contributed by atoms with Crippen LogP contribution in [0.15, 0.2) is 109 Å². The highest BCUT2D eigenvalue weighted by Gasteiger charge is 2.31. The second-order valence-electron chi connectivity index (χ2n) is 8.52. The lowest BCUT2D eigenvalue weighted by molar-refractivity contribution is -0.141. The fourth-order valence-corrected chi connectivity index (χ4v) is 4.04. The molecule has 6 heteroatoms. The van der Waals surface area contributed by atoms with Crippen molar-refractivity contribution in [2.24, 2.45) is 0 Å². The minimum atomic E-state index is -0.846. The largest absolute Gasteiger partial charge is 0.350 e. The lowest BCUT2D eigenvalue weighted by atomic mass is 10.0. The molecule has 1 N–H and O–H groups in total. The third-order valence-electron chi connectivity index (χ3n) is 5.95. The van der Waals surface area contributed by atoms with E-state index in [4.69, 9.17) is 0 Å². The van der Waals surface area contributed by atoms with Crippen molar-refractivity contribution in [2.45, 2.75) is 32.0 Å². The molecule has 0 spiro atoms. The normalized spacial score (nSPS) is 11.5. The van der Waals surface area contributed by atoms with Crippen molar-refractivity contribution in [1.29, 1.82) is 0 Å². The third kappa shape index (κ3) is 6.85. The molecular formula is C30H28FN3O2. The quantitative estimate of drug-likeness (QED) is 0.337. The van der Waals surface area contributed by atoms with Gasteiger partial charge in [-0.3, -0.25) is 14.6 Å². The molecule has 0 aliphatic carbocycles. The Hall–Kier alpha value is -4.32. The van der Waals surface area contributed by atoms with Gasteiger partial charge in [0.25, 0.3) is 0 Å². The van der Waals surface area contributed by atoms with Crippen molar-refractivity contribution >= 4 is 11.8 Å². The Morgan fingerprint density at radius 1 is 0.778 bits per heavy atom. The van der Waals surface area contributed by atoms with Crippen molar-refractivity contribution in [1.82, 2.24) is 15.2 Å². The first-order valence-electron chi connectivity index (χ1n) is 11.9. The molecule has 0 unspecified atom stereocenters. The van der Waals surface area contributed by atoms with Crippen molar-refractivity contribution in [3.63, 3.8) is 0 Å². The second-order valence-corrected chi connectivity index (χ2v) is 8.52. The molecule has 182 valence electrons. The molecule has 1 heterocycles. The fraction of sp³-hybridized carbons (Fsp3) is 0.167. The predicted molar refractivity (Wildman–Crippen MR) is 137 cm³/mol. The molecule has 0 radical (unpaired) electrons. The van der Waals surface area contributed by atoms with E-state index in [1.165, 1.54) is 12.1 Å². The number of aromatic nitrogens is 1. The smallest absolute Gasteiger partial charge is 0.247 e. The molecule has 0 bridgehead atoms. The Labute approximate surface area is 210 Å². The molecule has 4 aromatic rings. The number of carbonyl (C=O) groups excluding carboxylic acids is 2. The molecule has 36 heavy (non-hydrogen) atoms. The highest BCUT2D eigenvalue weighted by atomic mass is 19.1. The summed E-state index contributed by atoms with van der Waals surface area (Å²) >= 11 is 0. The van der Waals surface area contributed by atoms with Crippen LogP contribution >= 0.6 is 0 Å². The van der Waals surface area contributed by atoms with E-state index in [9.17, 15) is 14.0 Å². The number of rotatable bonds is 10. The van der Waals surface area contributed by atoms with Crippen LogP contribution in [-0.4, -0.2) is 21.7 Å². The number of benzene rings is 3. The summed E-state index contributed by atoms with van der Waals surface area (Å²) in [6, 6.07) is 27.9. The first-order valence-corrected chi connectivity index (χ1v) is 11.9. The minimum absolute atomic E-state index is 0.156. The molecule has 3 aromatic carbocycles. The van der Waals surface area contributed by atoms with Gasteiger partial charge in [-0.2, -0.15) is 0 Å². The monoisotopic (exact) mass is 481 g/mol. The highest BCUT2D eigenvalue weighted by molar-refractivity contribution is 5.88. The van der Waals surface area contributed by atoms with Crippen LogP contribution in [0.1, 0.15) is 34.7 Å². The van der Waals surface area contributed by atoms with E-state index in [2.05, 4.69) is 10.3 Å². The van der Waals surface area contributed by atoms with Crippen LogP contribution in [0.3, 0.4) is 0 Å². The van der Waals surface area contributed by atoms with Crippen molar-refractivity contribution < 1.29 is 14.0 Å². The topological polar surface area (TPSA) is 62.3 Å². The standard InChI is InChI=1S/C30H28FN3O2/c31-27-14-11-25(12-15-27)22-34(28(35)16-13-23-7-3-1-4-8-23)29(26-9-5-2-6-10-26)30(36)33-21-24-17-19-32-20-18-24/h1-12,14-15,17-20,29H,13,16,21-22H2,(H,33,36)/t29-/m1/s1. The number of nitrogens with zero attached hydrogens (tertiary/aromatic N) is 2. The van der Waals surface area contributed by atoms with Crippen LogP contribution in [0, 0.1) is 5.82 Å². The summed E-state index contributed by atoms with van der Waals surface area (Å²) in [6.07, 6.45) is 4.14. The Morgan fingerprint density at radius 3 is 2.08 bits per heavy atom. The molecule has 0 aliphatic rings. The first kappa shape index (κ1) is 24.8. The van der Waals surface area contributed by atoms with Gasteiger partial charge in [-0.1, -0.05) is 72.8 Å². The number of hydrogen-bond acceptors (Lipinski definition) is 3. The van der Waals surface area contributed by atoms with Gasteiger partial charge in [0.15, 0.2) is 0 Å². The average molecular weight is 482 g/mol. The first-order chi connectivity index (χ1) is 17.6. The highest BCUT2D eigenvalue weighted by Crippen LogP contribution is 2.25. The fourth-order valence-electron chi connectivity index (χ4n) is 4.04. The summed E-state index contributed by atoms with van der Waals surface area (Å²) in [4.78, 5) is 32.8. The molecule has 0 fully saturated rings. The molecule has 4 rings (SSSR count). The van der Waals surface area contributed by atoms with Crippen molar-refractivity contribution in [3.8, 4) is 0 Å². The van der Waals surface area contributed by atoms with E-state index in [0.29, 0.717) is 18.5 Å². The summed E-state index contributed by atoms with van der Waals surface area (Å²) < 4.78 is 13.6. The van der Waals surface area contributed by atoms with Gasteiger partial charge in [-0.05, 0) is 52.9 Å². The Balaban J connectivity index is 1.62. The molecule has 2 amide bonds. The summed E-state index contributed by atoms with van der Waals surface area (Å²) in [5.41, 5.74) is 3.41. The van der Waals surface area contributed by atoms with Gasteiger partial charge in [-0.15, -0.1) is 0 Å². The van der Waals surface area contributed by atoms with E-state index < -0.39 is 6.04 Å². The van der Waals surface area contributed by atoms with Crippen LogP contribution in [0.5, 0.6) is 0 Å². The van der Waals surface area contributed by atoms with E-state index in [-0.39, 0.29) is 30.6 Å². The zero-order chi connectivity index (χ0) is 25.2. The molecule has 0 aliphatic heterocycles. The lowest BCUT2D eigenvalue weighted by Gasteiger charge is -2.32. The predicted octanol–water partition coefficient (Wildman–Crippen LogP) is 5.24. The van der Waals surface area contributed by atoms with Crippen molar-refractivity contribution in [2.75, 3.05) is 0 Å². The van der Waals surface area contributed by atoms with E-state index in [1.54, 1.807) is 29.4 Å². The number of hydrogen-bond donors (Lipinski definition) is 1. The van der Waals surface area contributed by atoms with Crippen LogP contribution < -0.4 is 5.32 Å². The SMILES string of the molecule is O=C(NCc1ccncc1)[C@@H](c1ccccc1)N(Cc1ccc(F)cc1)C(=O)CCc1ccccc1. The lowest BCUT2D eigenvalue weighted by Crippen LogP contribution is -2.43. The number of nitrogens with one attached hydrogen (secondary N) is 1. The van der Waals surface area contributed by atoms with Crippen LogP contribution in [-0.2, 0) is 29.1 Å². The van der Waals surface area contributed by atoms with E-state index >= 15 is 0 Å². The molecule has 1 atom stereocenters. The number of amides is 2. The maximum atomic E-state index is 13.6. The van der Waals surface area contributed by atoms with Gasteiger partial charge in [0.1, 0.15) is 11.9 Å². The van der Waals surface area contributed by atoms with Gasteiger partial charge in [0, 0.05) is 31.9 Å². The molecule has 1 aromatic heterocycles. The number of carbonyl (C=O) groups is 2. The molecule has 0 saturated carbocycles. The van der Waals surface area contributed by atoms with Gasteiger partial charge < -0.3 is 10.2 Å². The second kappa shape index (κ2) is 12.4. The van der Waals surface area contributed by atoms with Gasteiger partial charge >= 0.3 is 0 Å².